The second-order valence-electron chi connectivity index (χ2n) is 6.27. The van der Waals surface area contributed by atoms with Gasteiger partial charge in [0, 0.05) is 18.6 Å². The third-order valence-corrected chi connectivity index (χ3v) is 4.37. The number of H-pyrrole nitrogens is 1. The molecule has 0 amide bonds. The van der Waals surface area contributed by atoms with Crippen molar-refractivity contribution in [3.63, 3.8) is 0 Å². The van der Waals surface area contributed by atoms with Gasteiger partial charge in [0.05, 0.1) is 22.3 Å². The lowest BCUT2D eigenvalue weighted by Crippen LogP contribution is -2.24. The molecule has 0 radical (unpaired) electrons. The van der Waals surface area contributed by atoms with Gasteiger partial charge in [-0.15, -0.1) is 0 Å². The number of rotatable bonds is 2. The Balaban J connectivity index is 1.64. The van der Waals surface area contributed by atoms with Crippen molar-refractivity contribution in [2.75, 3.05) is 4.90 Å². The Labute approximate surface area is 151 Å². The highest BCUT2D eigenvalue weighted by atomic mass is 19.4. The number of nitrogens with zero attached hydrogens (tertiary/aromatic N) is 3. The van der Waals surface area contributed by atoms with Crippen LogP contribution in [0.25, 0.3) is 11.0 Å². The van der Waals surface area contributed by atoms with E-state index in [1.165, 1.54) is 41.7 Å². The van der Waals surface area contributed by atoms with Gasteiger partial charge in [-0.05, 0) is 48.9 Å². The van der Waals surface area contributed by atoms with Gasteiger partial charge in [0.1, 0.15) is 0 Å². The summed E-state index contributed by atoms with van der Waals surface area (Å²) in [4.78, 5) is 12.7. The predicted molar refractivity (Wildman–Crippen MR) is 93.6 cm³/mol. The molecule has 0 spiro atoms. The first-order valence-electron chi connectivity index (χ1n) is 8.11. The lowest BCUT2D eigenvalue weighted by molar-refractivity contribution is -0.137. The number of anilines is 1. The van der Waals surface area contributed by atoms with Gasteiger partial charge in [-0.1, -0.05) is 6.07 Å². The first-order chi connectivity index (χ1) is 12.8. The second-order valence-corrected chi connectivity index (χ2v) is 6.27. The van der Waals surface area contributed by atoms with Crippen LogP contribution in [0.4, 0.5) is 23.5 Å². The second kappa shape index (κ2) is 5.94. The van der Waals surface area contributed by atoms with Gasteiger partial charge in [-0.3, -0.25) is 9.88 Å². The molecule has 4 rings (SSSR count). The Bertz CT molecular complexity index is 1050. The quantitative estimate of drug-likeness (QED) is 0.642. The van der Waals surface area contributed by atoms with Crippen molar-refractivity contribution < 1.29 is 17.6 Å². The summed E-state index contributed by atoms with van der Waals surface area (Å²) in [5, 5.41) is 0. The van der Waals surface area contributed by atoms with Gasteiger partial charge in [0.15, 0.2) is 5.67 Å². The maximum absolute atomic E-state index is 15.2. The zero-order valence-electron chi connectivity index (χ0n) is 14.1. The summed E-state index contributed by atoms with van der Waals surface area (Å²) < 4.78 is 53.8. The molecule has 3 heterocycles. The van der Waals surface area contributed by atoms with E-state index in [9.17, 15) is 13.2 Å². The molecule has 2 aromatic heterocycles. The molecule has 0 bridgehead atoms. The molecule has 0 fully saturated rings. The number of benzene rings is 1. The van der Waals surface area contributed by atoms with Crippen molar-refractivity contribution in [2.24, 2.45) is 0 Å². The molecule has 0 unspecified atom stereocenters. The number of aromatic nitrogens is 3. The van der Waals surface area contributed by atoms with Gasteiger partial charge in [-0.2, -0.15) is 13.2 Å². The van der Waals surface area contributed by atoms with Crippen molar-refractivity contribution in [3.8, 4) is 0 Å². The number of pyridine rings is 1. The maximum Gasteiger partial charge on any atom is 0.416 e. The average Bonchev–Trinajstić information content (AvgIpc) is 3.05. The summed E-state index contributed by atoms with van der Waals surface area (Å²) in [7, 11) is 0. The van der Waals surface area contributed by atoms with Gasteiger partial charge in [0.2, 0.25) is 5.95 Å². The van der Waals surface area contributed by atoms with Gasteiger partial charge in [0.25, 0.3) is 0 Å². The van der Waals surface area contributed by atoms with E-state index in [2.05, 4.69) is 15.0 Å². The highest BCUT2D eigenvalue weighted by Gasteiger charge is 2.33. The summed E-state index contributed by atoms with van der Waals surface area (Å²) in [6.45, 7) is 1.77. The smallest absolute Gasteiger partial charge is 0.323 e. The molecule has 8 heteroatoms. The van der Waals surface area contributed by atoms with E-state index in [1.54, 1.807) is 19.1 Å². The van der Waals surface area contributed by atoms with Crippen LogP contribution in [0.15, 0.2) is 61.1 Å². The molecule has 27 heavy (non-hydrogen) atoms. The summed E-state index contributed by atoms with van der Waals surface area (Å²) in [5.74, 6) is 0.289. The summed E-state index contributed by atoms with van der Waals surface area (Å²) >= 11 is 0. The van der Waals surface area contributed by atoms with E-state index in [0.29, 0.717) is 11.1 Å². The number of nitrogens with one attached hydrogen (secondary N) is 1. The topological polar surface area (TPSA) is 44.8 Å². The molecular weight excluding hydrogens is 360 g/mol. The first kappa shape index (κ1) is 17.3. The number of halogens is 4. The number of imidazole rings is 1. The largest absolute Gasteiger partial charge is 0.416 e. The third-order valence-electron chi connectivity index (χ3n) is 4.37. The minimum absolute atomic E-state index is 0.249. The molecule has 1 aliphatic rings. The van der Waals surface area contributed by atoms with Crippen molar-refractivity contribution in [2.45, 2.75) is 18.8 Å². The minimum Gasteiger partial charge on any atom is -0.323 e. The standard InChI is InChI=1S/C19H14F4N4/c1-12-3-2-8-24-16(12)18(20)6-9-27(10-7-18)17-25-14-5-4-13(19(21,22)23)11-15(14)26-17/h2-11H,1H3,(H,25,26). The minimum atomic E-state index is -4.43. The SMILES string of the molecule is Cc1cccnc1C1(F)C=CN(c2nc3ccc(C(F)(F)F)cc3[nH]2)C=C1. The highest BCUT2D eigenvalue weighted by Crippen LogP contribution is 2.35. The van der Waals surface area contributed by atoms with Crippen LogP contribution in [0.5, 0.6) is 0 Å². The molecule has 0 saturated heterocycles. The van der Waals surface area contributed by atoms with Crippen LogP contribution in [0.1, 0.15) is 16.8 Å². The van der Waals surface area contributed by atoms with Crippen LogP contribution in [0.3, 0.4) is 0 Å². The molecule has 1 N–H and O–H groups in total. The van der Waals surface area contributed by atoms with Gasteiger partial charge >= 0.3 is 6.18 Å². The Hall–Kier alpha value is -3.16. The normalized spacial score (nSPS) is 16.3. The van der Waals surface area contributed by atoms with Crippen molar-refractivity contribution >= 4 is 17.0 Å². The molecule has 0 aliphatic carbocycles. The van der Waals surface area contributed by atoms with E-state index < -0.39 is 17.4 Å². The fraction of sp³-hybridized carbons (Fsp3) is 0.158. The number of alkyl halides is 4. The van der Waals surface area contributed by atoms with Crippen molar-refractivity contribution in [1.29, 1.82) is 0 Å². The zero-order chi connectivity index (χ0) is 19.2. The van der Waals surface area contributed by atoms with Crippen LogP contribution in [-0.4, -0.2) is 15.0 Å². The van der Waals surface area contributed by atoms with Crippen LogP contribution in [0.2, 0.25) is 0 Å². The van der Waals surface area contributed by atoms with E-state index in [-0.39, 0.29) is 17.2 Å². The monoisotopic (exact) mass is 374 g/mol. The van der Waals surface area contributed by atoms with Gasteiger partial charge < -0.3 is 4.98 Å². The van der Waals surface area contributed by atoms with Crippen LogP contribution < -0.4 is 4.90 Å². The van der Waals surface area contributed by atoms with E-state index in [0.717, 1.165) is 12.1 Å². The predicted octanol–water partition coefficient (Wildman–Crippen LogP) is 5.00. The Kier molecular flexibility index (Phi) is 3.80. The summed E-state index contributed by atoms with van der Waals surface area (Å²) in [6.07, 6.45) is 2.69. The third kappa shape index (κ3) is 3.07. The van der Waals surface area contributed by atoms with E-state index in [1.807, 2.05) is 0 Å². The van der Waals surface area contributed by atoms with E-state index in [4.69, 9.17) is 0 Å². The molecule has 1 aromatic carbocycles. The molecule has 4 nitrogen and oxygen atoms in total. The lowest BCUT2D eigenvalue weighted by atomic mass is 9.96. The molecule has 3 aromatic rings. The Morgan fingerprint density at radius 2 is 1.85 bits per heavy atom. The van der Waals surface area contributed by atoms with Gasteiger partial charge in [-0.25, -0.2) is 9.37 Å². The molecule has 0 saturated carbocycles. The molecular formula is C19H14F4N4. The number of aromatic amines is 1. The number of hydrogen-bond acceptors (Lipinski definition) is 3. The van der Waals surface area contributed by atoms with Crippen LogP contribution in [-0.2, 0) is 11.8 Å². The fourth-order valence-corrected chi connectivity index (χ4v) is 2.96. The molecule has 1 aliphatic heterocycles. The van der Waals surface area contributed by atoms with Crippen LogP contribution in [0, 0.1) is 6.92 Å². The summed E-state index contributed by atoms with van der Waals surface area (Å²) in [5.41, 5.74) is -0.986. The maximum atomic E-state index is 15.2. The highest BCUT2D eigenvalue weighted by molar-refractivity contribution is 5.79. The number of aryl methyl sites for hydroxylation is 1. The van der Waals surface area contributed by atoms with Crippen molar-refractivity contribution in [3.05, 3.63) is 77.9 Å². The average molecular weight is 374 g/mol. The van der Waals surface area contributed by atoms with Crippen LogP contribution >= 0.6 is 0 Å². The molecule has 0 atom stereocenters. The first-order valence-corrected chi connectivity index (χ1v) is 8.11. The zero-order valence-corrected chi connectivity index (χ0v) is 14.1. The molecule has 138 valence electrons. The van der Waals surface area contributed by atoms with E-state index >= 15 is 4.39 Å². The van der Waals surface area contributed by atoms with Crippen molar-refractivity contribution in [1.82, 2.24) is 15.0 Å². The fourth-order valence-electron chi connectivity index (χ4n) is 2.96. The summed E-state index contributed by atoms with van der Waals surface area (Å²) in [6, 6.07) is 6.78. The number of allylic oxidation sites excluding steroid dienone is 2. The number of fused-ring (bicyclic) bond motifs is 1. The Morgan fingerprint density at radius 1 is 1.11 bits per heavy atom. The Morgan fingerprint density at radius 3 is 2.52 bits per heavy atom. The number of hydrogen-bond donors (Lipinski definition) is 1. The lowest BCUT2D eigenvalue weighted by Gasteiger charge is -2.25.